The van der Waals surface area contributed by atoms with E-state index in [0.29, 0.717) is 24.1 Å². The molecule has 10 heteroatoms. The molecule has 2 amide bonds. The number of hydrogen-bond acceptors (Lipinski definition) is 7. The summed E-state index contributed by atoms with van der Waals surface area (Å²) in [5.41, 5.74) is 0. The van der Waals surface area contributed by atoms with Gasteiger partial charge >= 0.3 is 6.03 Å². The maximum Gasteiger partial charge on any atom is 0.318 e. The molecule has 2 aliphatic rings. The minimum Gasteiger partial charge on any atom is -0.395 e. The fourth-order valence-electron chi connectivity index (χ4n) is 3.51. The molecule has 0 radical (unpaired) electrons. The van der Waals surface area contributed by atoms with Crippen molar-refractivity contribution >= 4 is 15.9 Å². The van der Waals surface area contributed by atoms with Gasteiger partial charge < -0.3 is 19.8 Å². The normalized spacial score (nSPS) is 23.0. The number of carbonyl (C=O) groups is 1. The number of urea groups is 1. The van der Waals surface area contributed by atoms with Gasteiger partial charge in [0.25, 0.3) is 0 Å². The molecule has 1 saturated carbocycles. The summed E-state index contributed by atoms with van der Waals surface area (Å²) in [7, 11) is -3.11. The molecular formula is C15H24N4O5S. The first-order valence-electron chi connectivity index (χ1n) is 8.67. The van der Waals surface area contributed by atoms with Crippen LogP contribution in [-0.4, -0.2) is 65.3 Å². The van der Waals surface area contributed by atoms with Gasteiger partial charge in [-0.05, 0) is 19.3 Å². The third kappa shape index (κ3) is 4.49. The first kappa shape index (κ1) is 18.1. The largest absolute Gasteiger partial charge is 0.395 e. The average Bonchev–Trinajstić information content (AvgIpc) is 3.30. The van der Waals surface area contributed by atoms with Gasteiger partial charge in [0, 0.05) is 18.5 Å². The van der Waals surface area contributed by atoms with Crippen LogP contribution in [0, 0.1) is 0 Å². The number of carbonyl (C=O) groups excluding carboxylic acids is 1. The van der Waals surface area contributed by atoms with Crippen LogP contribution in [0.15, 0.2) is 4.52 Å². The Labute approximate surface area is 146 Å². The van der Waals surface area contributed by atoms with Crippen molar-refractivity contribution < 1.29 is 22.8 Å². The molecule has 1 aromatic rings. The van der Waals surface area contributed by atoms with Gasteiger partial charge in [0.05, 0.1) is 24.7 Å². The van der Waals surface area contributed by atoms with Crippen LogP contribution in [0.2, 0.25) is 0 Å². The van der Waals surface area contributed by atoms with Crippen LogP contribution in [0.1, 0.15) is 49.7 Å². The summed E-state index contributed by atoms with van der Waals surface area (Å²) in [5.74, 6) is 1.34. The smallest absolute Gasteiger partial charge is 0.318 e. The zero-order chi connectivity index (χ0) is 17.9. The second kappa shape index (κ2) is 7.69. The monoisotopic (exact) mass is 372 g/mol. The maximum atomic E-state index is 12.4. The number of aliphatic hydroxyl groups is 1. The number of nitrogens with one attached hydrogen (secondary N) is 1. The van der Waals surface area contributed by atoms with E-state index >= 15 is 0 Å². The third-order valence-corrected chi connectivity index (χ3v) is 6.59. The molecule has 3 rings (SSSR count). The van der Waals surface area contributed by atoms with Crippen LogP contribution < -0.4 is 5.32 Å². The van der Waals surface area contributed by atoms with Crippen LogP contribution in [0.4, 0.5) is 4.79 Å². The Morgan fingerprint density at radius 2 is 2.08 bits per heavy atom. The summed E-state index contributed by atoms with van der Waals surface area (Å²) < 4.78 is 28.5. The zero-order valence-corrected chi connectivity index (χ0v) is 14.9. The van der Waals surface area contributed by atoms with Crippen molar-refractivity contribution in [3.05, 3.63) is 11.7 Å². The quantitative estimate of drug-likeness (QED) is 0.741. The lowest BCUT2D eigenvalue weighted by molar-refractivity contribution is 0.157. The highest BCUT2D eigenvalue weighted by Gasteiger charge is 2.34. The van der Waals surface area contributed by atoms with E-state index in [-0.39, 0.29) is 31.2 Å². The fourth-order valence-corrected chi connectivity index (χ4v) is 5.24. The summed E-state index contributed by atoms with van der Waals surface area (Å²) in [5, 5.41) is 15.8. The summed E-state index contributed by atoms with van der Waals surface area (Å²) in [4.78, 5) is 18.1. The fraction of sp³-hybridized carbons (Fsp3) is 0.800. The van der Waals surface area contributed by atoms with Crippen molar-refractivity contribution in [2.24, 2.45) is 0 Å². The number of amides is 2. The van der Waals surface area contributed by atoms with Gasteiger partial charge in [-0.15, -0.1) is 0 Å². The second-order valence-corrected chi connectivity index (χ2v) is 8.89. The SMILES string of the molecule is O=C(NCc1noc(C2CCCC2)n1)N(CCO)[C@H]1CCS(=O)(=O)C1. The molecule has 2 fully saturated rings. The van der Waals surface area contributed by atoms with Crippen molar-refractivity contribution in [1.29, 1.82) is 0 Å². The van der Waals surface area contributed by atoms with Crippen molar-refractivity contribution in [2.45, 2.75) is 50.6 Å². The predicted molar refractivity (Wildman–Crippen MR) is 88.6 cm³/mol. The Bertz CT molecular complexity index is 699. The predicted octanol–water partition coefficient (Wildman–Crippen LogP) is 0.418. The van der Waals surface area contributed by atoms with Gasteiger partial charge in [0.1, 0.15) is 0 Å². The first-order chi connectivity index (χ1) is 12.0. The van der Waals surface area contributed by atoms with Crippen LogP contribution in [0.25, 0.3) is 0 Å². The lowest BCUT2D eigenvalue weighted by atomic mass is 10.1. The highest BCUT2D eigenvalue weighted by molar-refractivity contribution is 7.91. The van der Waals surface area contributed by atoms with E-state index in [0.717, 1.165) is 12.8 Å². The number of sulfone groups is 1. The number of rotatable bonds is 6. The molecule has 2 heterocycles. The lowest BCUT2D eigenvalue weighted by Crippen LogP contribution is -2.47. The number of aliphatic hydroxyl groups excluding tert-OH is 1. The molecule has 0 spiro atoms. The molecule has 1 atom stereocenters. The highest BCUT2D eigenvalue weighted by atomic mass is 32.2. The molecule has 9 nitrogen and oxygen atoms in total. The number of hydrogen-bond donors (Lipinski definition) is 2. The number of nitrogens with zero attached hydrogens (tertiary/aromatic N) is 3. The van der Waals surface area contributed by atoms with E-state index in [9.17, 15) is 18.3 Å². The Kier molecular flexibility index (Phi) is 5.57. The minimum atomic E-state index is -3.11. The Balaban J connectivity index is 1.56. The molecule has 0 aromatic carbocycles. The molecule has 0 bridgehead atoms. The van der Waals surface area contributed by atoms with Crippen molar-refractivity contribution in [3.8, 4) is 0 Å². The molecule has 1 aromatic heterocycles. The van der Waals surface area contributed by atoms with Crippen molar-refractivity contribution in [2.75, 3.05) is 24.7 Å². The summed E-state index contributed by atoms with van der Waals surface area (Å²) in [6, 6.07) is -0.833. The van der Waals surface area contributed by atoms with Gasteiger partial charge in [-0.3, -0.25) is 0 Å². The van der Waals surface area contributed by atoms with E-state index in [2.05, 4.69) is 15.5 Å². The van der Waals surface area contributed by atoms with Crippen LogP contribution in [0.3, 0.4) is 0 Å². The van der Waals surface area contributed by atoms with E-state index in [4.69, 9.17) is 4.52 Å². The molecular weight excluding hydrogens is 348 g/mol. The Morgan fingerprint density at radius 1 is 1.32 bits per heavy atom. The first-order valence-corrected chi connectivity index (χ1v) is 10.5. The van der Waals surface area contributed by atoms with Gasteiger partial charge in [-0.1, -0.05) is 18.0 Å². The zero-order valence-electron chi connectivity index (χ0n) is 14.1. The molecule has 0 unspecified atom stereocenters. The average molecular weight is 372 g/mol. The third-order valence-electron chi connectivity index (χ3n) is 4.84. The molecule has 25 heavy (non-hydrogen) atoms. The molecule has 1 aliphatic carbocycles. The summed E-state index contributed by atoms with van der Waals surface area (Å²) in [6.07, 6.45) is 4.83. The van der Waals surface area contributed by atoms with Gasteiger partial charge in [-0.2, -0.15) is 4.98 Å². The van der Waals surface area contributed by atoms with Gasteiger partial charge in [0.15, 0.2) is 15.7 Å². The molecule has 1 saturated heterocycles. The van der Waals surface area contributed by atoms with Crippen LogP contribution in [-0.2, 0) is 16.4 Å². The standard InChI is InChI=1S/C15H24N4O5S/c20-7-6-19(12-5-8-25(22,23)10-12)15(21)16-9-13-17-14(24-18-13)11-3-1-2-4-11/h11-12,20H,1-10H2,(H,16,21)/t12-/m0/s1. The van der Waals surface area contributed by atoms with Gasteiger partial charge in [0.2, 0.25) is 5.89 Å². The molecule has 1 aliphatic heterocycles. The lowest BCUT2D eigenvalue weighted by Gasteiger charge is -2.27. The highest BCUT2D eigenvalue weighted by Crippen LogP contribution is 2.32. The van der Waals surface area contributed by atoms with Gasteiger partial charge in [-0.25, -0.2) is 13.2 Å². The minimum absolute atomic E-state index is 0.0611. The van der Waals surface area contributed by atoms with Crippen LogP contribution >= 0.6 is 0 Å². The van der Waals surface area contributed by atoms with E-state index in [1.165, 1.54) is 17.7 Å². The molecule has 140 valence electrons. The maximum absolute atomic E-state index is 12.4. The summed E-state index contributed by atoms with van der Waals surface area (Å²) >= 11 is 0. The van der Waals surface area contributed by atoms with Crippen LogP contribution in [0.5, 0.6) is 0 Å². The molecule has 2 N–H and O–H groups in total. The second-order valence-electron chi connectivity index (χ2n) is 6.66. The Hall–Kier alpha value is -1.68. The topological polar surface area (TPSA) is 126 Å². The van der Waals surface area contributed by atoms with E-state index in [1.54, 1.807) is 0 Å². The number of aromatic nitrogens is 2. The summed E-state index contributed by atoms with van der Waals surface area (Å²) in [6.45, 7) is -0.0277. The van der Waals surface area contributed by atoms with Crippen molar-refractivity contribution in [3.63, 3.8) is 0 Å². The van der Waals surface area contributed by atoms with E-state index < -0.39 is 21.9 Å². The van der Waals surface area contributed by atoms with E-state index in [1.807, 2.05) is 0 Å². The van der Waals surface area contributed by atoms with Crippen molar-refractivity contribution in [1.82, 2.24) is 20.4 Å². The Morgan fingerprint density at radius 3 is 2.72 bits per heavy atom.